The lowest BCUT2D eigenvalue weighted by Gasteiger charge is -2.21. The fraction of sp³-hybridized carbons (Fsp3) is 0.300. The summed E-state index contributed by atoms with van der Waals surface area (Å²) in [6.07, 6.45) is 0.554. The zero-order valence-corrected chi connectivity index (χ0v) is 16.3. The van der Waals surface area contributed by atoms with Gasteiger partial charge in [0.1, 0.15) is 0 Å². The molecule has 0 heterocycles. The van der Waals surface area contributed by atoms with Gasteiger partial charge in [-0.25, -0.2) is 4.79 Å². The smallest absolute Gasteiger partial charge is 0.340 e. The molecule has 0 aliphatic heterocycles. The minimum Gasteiger partial charge on any atom is -0.449 e. The molecule has 0 radical (unpaired) electrons. The van der Waals surface area contributed by atoms with Gasteiger partial charge in [0, 0.05) is 12.1 Å². The average Bonchev–Trinajstić information content (AvgIpc) is 2.67. The van der Waals surface area contributed by atoms with Crippen LogP contribution in [-0.4, -0.2) is 22.9 Å². The van der Waals surface area contributed by atoms with Crippen molar-refractivity contribution >= 4 is 29.2 Å². The Hall–Kier alpha value is -2.93. The number of hydrogen-bond acceptors (Lipinski definition) is 5. The van der Waals surface area contributed by atoms with Crippen molar-refractivity contribution in [2.45, 2.75) is 38.8 Å². The number of nitrogens with one attached hydrogen (secondary N) is 1. The number of ether oxygens (including phenoxy) is 1. The van der Waals surface area contributed by atoms with Crippen molar-refractivity contribution in [3.8, 4) is 0 Å². The molecule has 0 saturated carbocycles. The lowest BCUT2D eigenvalue weighted by atomic mass is 10.0. The maximum absolute atomic E-state index is 12.5. The van der Waals surface area contributed by atoms with Gasteiger partial charge in [-0.15, -0.1) is 0 Å². The second-order valence-corrected chi connectivity index (χ2v) is 6.64. The van der Waals surface area contributed by atoms with Crippen LogP contribution in [0, 0.1) is 10.1 Å². The van der Waals surface area contributed by atoms with Gasteiger partial charge in [-0.3, -0.25) is 14.9 Å². The molecule has 2 aromatic rings. The number of rotatable bonds is 8. The molecular weight excluding hydrogens is 384 g/mol. The summed E-state index contributed by atoms with van der Waals surface area (Å²) in [4.78, 5) is 34.9. The highest BCUT2D eigenvalue weighted by Gasteiger charge is 2.24. The van der Waals surface area contributed by atoms with Crippen molar-refractivity contribution < 1.29 is 19.2 Å². The molecule has 1 N–H and O–H groups in total. The Morgan fingerprint density at radius 2 is 1.89 bits per heavy atom. The van der Waals surface area contributed by atoms with Crippen molar-refractivity contribution in [2.24, 2.45) is 0 Å². The van der Waals surface area contributed by atoms with Crippen LogP contribution in [0.1, 0.15) is 48.7 Å². The van der Waals surface area contributed by atoms with Crippen LogP contribution in [-0.2, 0) is 9.53 Å². The highest BCUT2D eigenvalue weighted by Crippen LogP contribution is 2.24. The first kappa shape index (κ1) is 21.4. The van der Waals surface area contributed by atoms with Gasteiger partial charge >= 0.3 is 5.97 Å². The van der Waals surface area contributed by atoms with Crippen LogP contribution >= 0.6 is 11.6 Å². The summed E-state index contributed by atoms with van der Waals surface area (Å²) >= 11 is 5.93. The summed E-state index contributed by atoms with van der Waals surface area (Å²) in [5.41, 5.74) is 0.687. The molecule has 1 amide bonds. The first-order valence-electron chi connectivity index (χ1n) is 8.83. The van der Waals surface area contributed by atoms with Gasteiger partial charge in [0.25, 0.3) is 11.6 Å². The van der Waals surface area contributed by atoms with Crippen molar-refractivity contribution in [1.82, 2.24) is 5.32 Å². The standard InChI is InChI=1S/C20H21ClN2O5/c1-3-7-18(14-8-5-4-6-9-14)22-19(24)13(2)28-20(25)16-11-10-15(23(26)27)12-17(16)21/h4-6,8-13,18H,3,7H2,1-2H3,(H,22,24). The van der Waals surface area contributed by atoms with Gasteiger partial charge in [-0.05, 0) is 25.0 Å². The SMILES string of the molecule is CCCC(NC(=O)C(C)OC(=O)c1ccc([N+](=O)[O-])cc1Cl)c1ccccc1. The molecule has 2 aromatic carbocycles. The molecular formula is C20H21ClN2O5. The Balaban J connectivity index is 2.04. The van der Waals surface area contributed by atoms with Gasteiger partial charge in [-0.2, -0.15) is 0 Å². The van der Waals surface area contributed by atoms with E-state index in [9.17, 15) is 19.7 Å². The molecule has 2 atom stereocenters. The van der Waals surface area contributed by atoms with E-state index in [1.54, 1.807) is 0 Å². The minimum absolute atomic E-state index is 0.0416. The van der Waals surface area contributed by atoms with Crippen LogP contribution in [0.3, 0.4) is 0 Å². The minimum atomic E-state index is -1.05. The van der Waals surface area contributed by atoms with Crippen molar-refractivity contribution in [3.63, 3.8) is 0 Å². The first-order chi connectivity index (χ1) is 13.3. The second-order valence-electron chi connectivity index (χ2n) is 6.23. The lowest BCUT2D eigenvalue weighted by molar-refractivity contribution is -0.384. The fourth-order valence-corrected chi connectivity index (χ4v) is 2.90. The van der Waals surface area contributed by atoms with Crippen LogP contribution in [0.2, 0.25) is 5.02 Å². The Kier molecular flexibility index (Phi) is 7.52. The van der Waals surface area contributed by atoms with Crippen LogP contribution in [0.15, 0.2) is 48.5 Å². The summed E-state index contributed by atoms with van der Waals surface area (Å²) in [6, 6.07) is 12.8. The highest BCUT2D eigenvalue weighted by molar-refractivity contribution is 6.33. The van der Waals surface area contributed by atoms with Crippen molar-refractivity contribution in [2.75, 3.05) is 0 Å². The molecule has 0 spiro atoms. The Morgan fingerprint density at radius 3 is 2.46 bits per heavy atom. The first-order valence-corrected chi connectivity index (χ1v) is 9.21. The third kappa shape index (κ3) is 5.53. The molecule has 8 heteroatoms. The molecule has 2 rings (SSSR count). The lowest BCUT2D eigenvalue weighted by Crippen LogP contribution is -2.38. The summed E-state index contributed by atoms with van der Waals surface area (Å²) < 4.78 is 5.19. The van der Waals surface area contributed by atoms with E-state index < -0.39 is 22.9 Å². The van der Waals surface area contributed by atoms with Gasteiger partial charge in [0.2, 0.25) is 0 Å². The van der Waals surface area contributed by atoms with E-state index >= 15 is 0 Å². The maximum atomic E-state index is 12.5. The number of hydrogen-bond donors (Lipinski definition) is 1. The van der Waals surface area contributed by atoms with E-state index in [0.29, 0.717) is 0 Å². The van der Waals surface area contributed by atoms with Crippen LogP contribution in [0.25, 0.3) is 0 Å². The van der Waals surface area contributed by atoms with E-state index in [1.165, 1.54) is 13.0 Å². The number of esters is 1. The van der Waals surface area contributed by atoms with Gasteiger partial charge in [-0.1, -0.05) is 55.3 Å². The number of nitro benzene ring substituents is 1. The monoisotopic (exact) mass is 404 g/mol. The number of non-ortho nitro benzene ring substituents is 1. The van der Waals surface area contributed by atoms with E-state index in [2.05, 4.69) is 5.32 Å². The Morgan fingerprint density at radius 1 is 1.21 bits per heavy atom. The van der Waals surface area contributed by atoms with E-state index in [1.807, 2.05) is 37.3 Å². The second kappa shape index (κ2) is 9.85. The average molecular weight is 405 g/mol. The zero-order valence-electron chi connectivity index (χ0n) is 15.6. The topological polar surface area (TPSA) is 98.5 Å². The van der Waals surface area contributed by atoms with Crippen molar-refractivity contribution in [1.29, 1.82) is 0 Å². The van der Waals surface area contributed by atoms with Crippen LogP contribution in [0.4, 0.5) is 5.69 Å². The largest absolute Gasteiger partial charge is 0.449 e. The molecule has 28 heavy (non-hydrogen) atoms. The fourth-order valence-electron chi connectivity index (χ4n) is 2.65. The Labute approximate surface area is 167 Å². The molecule has 0 bridgehead atoms. The summed E-state index contributed by atoms with van der Waals surface area (Å²) in [6.45, 7) is 3.47. The van der Waals surface area contributed by atoms with Crippen molar-refractivity contribution in [3.05, 3.63) is 74.8 Å². The highest BCUT2D eigenvalue weighted by atomic mass is 35.5. The molecule has 0 aliphatic carbocycles. The molecule has 148 valence electrons. The van der Waals surface area contributed by atoms with Gasteiger partial charge < -0.3 is 10.1 Å². The zero-order chi connectivity index (χ0) is 20.7. The van der Waals surface area contributed by atoms with Gasteiger partial charge in [0.05, 0.1) is 21.6 Å². The number of nitrogens with zero attached hydrogens (tertiary/aromatic N) is 1. The molecule has 0 fully saturated rings. The van der Waals surface area contributed by atoms with E-state index in [4.69, 9.17) is 16.3 Å². The third-order valence-electron chi connectivity index (χ3n) is 4.13. The molecule has 0 saturated heterocycles. The molecule has 7 nitrogen and oxygen atoms in total. The quantitative estimate of drug-likeness (QED) is 0.398. The predicted octanol–water partition coefficient (Wildman–Crippen LogP) is 4.45. The third-order valence-corrected chi connectivity index (χ3v) is 4.44. The maximum Gasteiger partial charge on any atom is 0.340 e. The number of benzene rings is 2. The molecule has 0 aromatic heterocycles. The molecule has 0 aliphatic rings. The predicted molar refractivity (Wildman–Crippen MR) is 105 cm³/mol. The van der Waals surface area contributed by atoms with E-state index in [-0.39, 0.29) is 22.3 Å². The normalized spacial score (nSPS) is 12.7. The number of carbonyl (C=O) groups excluding carboxylic acids is 2. The summed E-state index contributed by atoms with van der Waals surface area (Å²) in [7, 11) is 0. The molecule has 2 unspecified atom stereocenters. The van der Waals surface area contributed by atoms with E-state index in [0.717, 1.165) is 30.5 Å². The van der Waals surface area contributed by atoms with Crippen LogP contribution < -0.4 is 5.32 Å². The van der Waals surface area contributed by atoms with Gasteiger partial charge in [0.15, 0.2) is 6.10 Å². The number of nitro groups is 1. The summed E-state index contributed by atoms with van der Waals surface area (Å²) in [5.74, 6) is -1.26. The Bertz CT molecular complexity index is 857. The number of halogens is 1. The number of amides is 1. The summed E-state index contributed by atoms with van der Waals surface area (Å²) in [5, 5.41) is 13.5. The van der Waals surface area contributed by atoms with Crippen LogP contribution in [0.5, 0.6) is 0 Å². The number of carbonyl (C=O) groups is 2.